The first-order chi connectivity index (χ1) is 9.48. The zero-order valence-corrected chi connectivity index (χ0v) is 16.0. The van der Waals surface area contributed by atoms with Crippen LogP contribution in [0.2, 0.25) is 0 Å². The average Bonchev–Trinajstić information content (AvgIpc) is 2.43. The molecule has 0 aliphatic heterocycles. The molecule has 0 fully saturated rings. The van der Waals surface area contributed by atoms with Crippen molar-refractivity contribution in [2.45, 2.75) is 39.8 Å². The molecular formula is C16H28IN3O. The van der Waals surface area contributed by atoms with E-state index in [2.05, 4.69) is 41.6 Å². The molecule has 0 aromatic heterocycles. The molecule has 0 bridgehead atoms. The number of benzene rings is 1. The number of aliphatic imine (C=N–C) groups is 1. The second-order valence-electron chi connectivity index (χ2n) is 5.44. The van der Waals surface area contributed by atoms with Crippen molar-refractivity contribution in [1.29, 1.82) is 0 Å². The molecule has 0 aliphatic rings. The minimum absolute atomic E-state index is 0. The highest BCUT2D eigenvalue weighted by Crippen LogP contribution is 2.08. The Balaban J connectivity index is 0.00000400. The second-order valence-corrected chi connectivity index (χ2v) is 5.44. The molecule has 5 heteroatoms. The summed E-state index contributed by atoms with van der Waals surface area (Å²) in [4.78, 5) is 4.62. The van der Waals surface area contributed by atoms with Gasteiger partial charge in [0.25, 0.3) is 0 Å². The summed E-state index contributed by atoms with van der Waals surface area (Å²) in [5.41, 5.74) is 2.30. The molecule has 0 unspecified atom stereocenters. The normalized spacial score (nSPS) is 11.8. The number of guanidine groups is 1. The Labute approximate surface area is 145 Å². The first kappa shape index (κ1) is 20.2. The zero-order chi connectivity index (χ0) is 15.0. The Morgan fingerprint density at radius 2 is 1.90 bits per heavy atom. The van der Waals surface area contributed by atoms with Gasteiger partial charge in [0.2, 0.25) is 0 Å². The lowest BCUT2D eigenvalue weighted by atomic mass is 10.1. The lowest BCUT2D eigenvalue weighted by Crippen LogP contribution is -2.45. The molecule has 0 saturated heterocycles. The molecule has 0 saturated carbocycles. The fourth-order valence-electron chi connectivity index (χ4n) is 1.66. The van der Waals surface area contributed by atoms with Gasteiger partial charge in [0.15, 0.2) is 5.96 Å². The van der Waals surface area contributed by atoms with Crippen LogP contribution in [0.25, 0.3) is 0 Å². The van der Waals surface area contributed by atoms with Gasteiger partial charge in [0.05, 0.1) is 12.1 Å². The van der Waals surface area contributed by atoms with Crippen LogP contribution in [0, 0.1) is 6.92 Å². The van der Waals surface area contributed by atoms with Crippen molar-refractivity contribution in [3.8, 4) is 0 Å². The topological polar surface area (TPSA) is 45.7 Å². The van der Waals surface area contributed by atoms with E-state index in [0.29, 0.717) is 13.1 Å². The van der Waals surface area contributed by atoms with Crippen molar-refractivity contribution in [3.05, 3.63) is 35.4 Å². The van der Waals surface area contributed by atoms with Gasteiger partial charge < -0.3 is 15.4 Å². The van der Waals surface area contributed by atoms with Crippen LogP contribution >= 0.6 is 24.0 Å². The summed E-state index contributed by atoms with van der Waals surface area (Å²) in [5.74, 6) is 0.820. The predicted octanol–water partition coefficient (Wildman–Crippen LogP) is 3.09. The maximum atomic E-state index is 5.40. The number of nitrogens with one attached hydrogen (secondary N) is 2. The number of hydrogen-bond donors (Lipinski definition) is 2. The van der Waals surface area contributed by atoms with E-state index in [1.807, 2.05) is 26.0 Å². The van der Waals surface area contributed by atoms with Gasteiger partial charge in [0, 0.05) is 20.2 Å². The van der Waals surface area contributed by atoms with Gasteiger partial charge in [-0.05, 0) is 38.8 Å². The monoisotopic (exact) mass is 405 g/mol. The molecule has 0 amide bonds. The zero-order valence-electron chi connectivity index (χ0n) is 13.7. The summed E-state index contributed by atoms with van der Waals surface area (Å²) in [7, 11) is 1.72. The summed E-state index contributed by atoms with van der Waals surface area (Å²) < 4.78 is 5.40. The summed E-state index contributed by atoms with van der Waals surface area (Å²) >= 11 is 0. The minimum atomic E-state index is -0.209. The molecular weight excluding hydrogens is 377 g/mol. The smallest absolute Gasteiger partial charge is 0.191 e. The fraction of sp³-hybridized carbons (Fsp3) is 0.562. The van der Waals surface area contributed by atoms with E-state index in [0.717, 1.165) is 12.5 Å². The van der Waals surface area contributed by atoms with Crippen LogP contribution in [0.15, 0.2) is 29.3 Å². The number of ether oxygens (including phenoxy) is 1. The van der Waals surface area contributed by atoms with Crippen molar-refractivity contribution in [2.75, 3.05) is 20.2 Å². The van der Waals surface area contributed by atoms with Crippen LogP contribution in [0.5, 0.6) is 0 Å². The van der Waals surface area contributed by atoms with Gasteiger partial charge in [-0.25, -0.2) is 4.99 Å². The van der Waals surface area contributed by atoms with Crippen molar-refractivity contribution in [1.82, 2.24) is 10.6 Å². The Morgan fingerprint density at radius 3 is 2.48 bits per heavy atom. The molecule has 0 aliphatic carbocycles. The highest BCUT2D eigenvalue weighted by molar-refractivity contribution is 14.0. The molecule has 1 rings (SSSR count). The number of aryl methyl sites for hydroxylation is 1. The molecule has 120 valence electrons. The molecule has 21 heavy (non-hydrogen) atoms. The molecule has 0 heterocycles. The van der Waals surface area contributed by atoms with E-state index in [4.69, 9.17) is 4.74 Å². The molecule has 1 aromatic rings. The van der Waals surface area contributed by atoms with E-state index >= 15 is 0 Å². The number of methoxy groups -OCH3 is 1. The van der Waals surface area contributed by atoms with Crippen LogP contribution in [0.4, 0.5) is 0 Å². The summed E-state index contributed by atoms with van der Waals surface area (Å²) in [6, 6.07) is 8.32. The van der Waals surface area contributed by atoms with Crippen LogP contribution in [-0.2, 0) is 11.3 Å². The van der Waals surface area contributed by atoms with Crippen molar-refractivity contribution in [3.63, 3.8) is 0 Å². The third-order valence-corrected chi connectivity index (χ3v) is 3.25. The Bertz CT molecular complexity index is 447. The summed E-state index contributed by atoms with van der Waals surface area (Å²) in [6.07, 6.45) is 0. The van der Waals surface area contributed by atoms with Crippen LogP contribution < -0.4 is 10.6 Å². The van der Waals surface area contributed by atoms with Gasteiger partial charge in [0.1, 0.15) is 0 Å². The second kappa shape index (κ2) is 10.00. The largest absolute Gasteiger partial charge is 0.377 e. The maximum Gasteiger partial charge on any atom is 0.191 e. The van der Waals surface area contributed by atoms with Gasteiger partial charge in [-0.3, -0.25) is 0 Å². The first-order valence-electron chi connectivity index (χ1n) is 7.10. The van der Waals surface area contributed by atoms with E-state index in [9.17, 15) is 0 Å². The Kier molecular flexibility index (Phi) is 9.61. The predicted molar refractivity (Wildman–Crippen MR) is 101 cm³/mol. The highest BCUT2D eigenvalue weighted by atomic mass is 127. The molecule has 4 nitrogen and oxygen atoms in total. The number of halogens is 1. The fourth-order valence-corrected chi connectivity index (χ4v) is 1.66. The number of rotatable bonds is 6. The molecule has 0 atom stereocenters. The van der Waals surface area contributed by atoms with Gasteiger partial charge >= 0.3 is 0 Å². The Hall–Kier alpha value is -0.820. The summed E-state index contributed by atoms with van der Waals surface area (Å²) in [6.45, 7) is 10.5. The first-order valence-corrected chi connectivity index (χ1v) is 7.10. The van der Waals surface area contributed by atoms with E-state index in [1.54, 1.807) is 7.11 Å². The molecule has 0 radical (unpaired) electrons. The molecule has 1 aromatic carbocycles. The lowest BCUT2D eigenvalue weighted by Gasteiger charge is -2.24. The van der Waals surface area contributed by atoms with Crippen LogP contribution in [-0.4, -0.2) is 31.8 Å². The molecule has 2 N–H and O–H groups in total. The van der Waals surface area contributed by atoms with Gasteiger partial charge in [-0.15, -0.1) is 24.0 Å². The van der Waals surface area contributed by atoms with Crippen molar-refractivity contribution >= 4 is 29.9 Å². The average molecular weight is 405 g/mol. The standard InChI is InChI=1S/C16H27N3O.HI/c1-6-17-15(19-12-16(3,4)20-5)18-11-14-10-8-7-9-13(14)2;/h7-10H,6,11-12H2,1-5H3,(H2,17,18,19);1H. The molecule has 0 spiro atoms. The third-order valence-electron chi connectivity index (χ3n) is 3.25. The van der Waals surface area contributed by atoms with Crippen molar-refractivity contribution < 1.29 is 4.74 Å². The Morgan fingerprint density at radius 1 is 1.24 bits per heavy atom. The lowest BCUT2D eigenvalue weighted by molar-refractivity contribution is 0.0268. The van der Waals surface area contributed by atoms with Gasteiger partial charge in [-0.2, -0.15) is 0 Å². The summed E-state index contributed by atoms with van der Waals surface area (Å²) in [5, 5.41) is 6.57. The van der Waals surface area contributed by atoms with E-state index in [-0.39, 0.29) is 29.6 Å². The van der Waals surface area contributed by atoms with E-state index < -0.39 is 0 Å². The van der Waals surface area contributed by atoms with Crippen LogP contribution in [0.3, 0.4) is 0 Å². The van der Waals surface area contributed by atoms with Gasteiger partial charge in [-0.1, -0.05) is 24.3 Å². The quantitative estimate of drug-likeness (QED) is 0.435. The number of nitrogens with zero attached hydrogens (tertiary/aromatic N) is 1. The SMILES string of the molecule is CCNC(=NCc1ccccc1C)NCC(C)(C)OC.I. The van der Waals surface area contributed by atoms with Crippen LogP contribution in [0.1, 0.15) is 31.9 Å². The van der Waals surface area contributed by atoms with Crippen molar-refractivity contribution in [2.24, 2.45) is 4.99 Å². The third kappa shape index (κ3) is 7.66. The maximum absolute atomic E-state index is 5.40. The van der Waals surface area contributed by atoms with E-state index in [1.165, 1.54) is 11.1 Å². The highest BCUT2D eigenvalue weighted by Gasteiger charge is 2.16. The minimum Gasteiger partial charge on any atom is -0.377 e. The number of hydrogen-bond acceptors (Lipinski definition) is 2.